The number of halogens is 1. The summed E-state index contributed by atoms with van der Waals surface area (Å²) in [5.41, 5.74) is 0. The third-order valence-corrected chi connectivity index (χ3v) is 3.18. The van der Waals surface area contributed by atoms with Gasteiger partial charge in [-0.2, -0.15) is 0 Å². The average molecular weight is 238 g/mol. The fourth-order valence-corrected chi connectivity index (χ4v) is 2.30. The Morgan fingerprint density at radius 1 is 1.36 bits per heavy atom. The van der Waals surface area contributed by atoms with Crippen LogP contribution in [-0.4, -0.2) is 27.2 Å². The number of rotatable bonds is 4. The van der Waals surface area contributed by atoms with Gasteiger partial charge in [0.2, 0.25) is 0 Å². The Kier molecular flexibility index (Phi) is 4.95. The molecule has 0 bridgehead atoms. The lowest BCUT2D eigenvalue weighted by atomic mass is 9.98. The zero-order chi connectivity index (χ0) is 11.5. The molecule has 0 unspecified atom stereocenters. The largest absolute Gasteiger partial charge is 0.326 e. The topological polar surface area (TPSA) is 37.4 Å². The zero-order valence-electron chi connectivity index (χ0n) is 9.13. The van der Waals surface area contributed by atoms with E-state index in [4.69, 9.17) is 11.6 Å². The predicted molar refractivity (Wildman–Crippen MR) is 60.5 cm³/mol. The van der Waals surface area contributed by atoms with E-state index in [1.54, 1.807) is 20.9 Å². The Labute approximate surface area is 94.3 Å². The van der Waals surface area contributed by atoms with E-state index in [0.29, 0.717) is 0 Å². The SMILES string of the molecule is CC(C)C(=O)C(C)(C)SN(C)C(=O)Cl. The standard InChI is InChI=1S/C9H16ClNO2S/c1-6(2)7(12)9(3,4)14-11(5)8(10)13/h6H,1-5H3. The van der Waals surface area contributed by atoms with Crippen molar-refractivity contribution < 1.29 is 9.59 Å². The Bertz CT molecular complexity index is 241. The lowest BCUT2D eigenvalue weighted by Crippen LogP contribution is -2.35. The molecule has 0 N–H and O–H groups in total. The minimum atomic E-state index is -0.618. The molecule has 0 atom stereocenters. The Hall–Kier alpha value is -0.220. The highest BCUT2D eigenvalue weighted by Gasteiger charge is 2.32. The highest BCUT2D eigenvalue weighted by molar-refractivity contribution is 7.99. The summed E-state index contributed by atoms with van der Waals surface area (Å²) in [6, 6.07) is 0. The third kappa shape index (κ3) is 3.88. The fraction of sp³-hybridized carbons (Fsp3) is 0.778. The second-order valence-electron chi connectivity index (χ2n) is 3.87. The van der Waals surface area contributed by atoms with Crippen LogP contribution < -0.4 is 0 Å². The number of carbonyl (C=O) groups excluding carboxylic acids is 2. The van der Waals surface area contributed by atoms with Gasteiger partial charge in [0.25, 0.3) is 0 Å². The maximum atomic E-state index is 11.7. The van der Waals surface area contributed by atoms with Gasteiger partial charge in [-0.15, -0.1) is 0 Å². The summed E-state index contributed by atoms with van der Waals surface area (Å²) in [6.45, 7) is 7.26. The quantitative estimate of drug-likeness (QED) is 0.429. The summed E-state index contributed by atoms with van der Waals surface area (Å²) >= 11 is 6.42. The molecule has 0 rings (SSSR count). The van der Waals surface area contributed by atoms with Crippen molar-refractivity contribution in [1.29, 1.82) is 0 Å². The van der Waals surface area contributed by atoms with Crippen LogP contribution in [-0.2, 0) is 4.79 Å². The highest BCUT2D eigenvalue weighted by atomic mass is 35.5. The fourth-order valence-electron chi connectivity index (χ4n) is 1.12. The van der Waals surface area contributed by atoms with Crippen molar-refractivity contribution in [2.75, 3.05) is 7.05 Å². The molecule has 0 aliphatic heterocycles. The van der Waals surface area contributed by atoms with Gasteiger partial charge < -0.3 is 0 Å². The van der Waals surface area contributed by atoms with Gasteiger partial charge in [-0.05, 0) is 37.4 Å². The summed E-state index contributed by atoms with van der Waals surface area (Å²) in [5.74, 6) is 0.0589. The molecule has 0 radical (unpaired) electrons. The maximum absolute atomic E-state index is 11.7. The summed E-state index contributed by atoms with van der Waals surface area (Å²) in [7, 11) is 1.55. The molecule has 0 aliphatic rings. The van der Waals surface area contributed by atoms with E-state index in [2.05, 4.69) is 0 Å². The van der Waals surface area contributed by atoms with Gasteiger partial charge in [-0.3, -0.25) is 13.9 Å². The summed E-state index contributed by atoms with van der Waals surface area (Å²) < 4.78 is 0.648. The molecule has 14 heavy (non-hydrogen) atoms. The van der Waals surface area contributed by atoms with Crippen LogP contribution >= 0.6 is 23.5 Å². The van der Waals surface area contributed by atoms with Crippen LogP contribution in [0.4, 0.5) is 4.79 Å². The van der Waals surface area contributed by atoms with Gasteiger partial charge in [0.1, 0.15) is 0 Å². The Balaban J connectivity index is 4.48. The first-order valence-corrected chi connectivity index (χ1v) is 5.50. The van der Waals surface area contributed by atoms with Crippen molar-refractivity contribution in [1.82, 2.24) is 4.31 Å². The van der Waals surface area contributed by atoms with Crippen LogP contribution in [0.25, 0.3) is 0 Å². The first-order valence-electron chi connectivity index (χ1n) is 4.35. The molecular weight excluding hydrogens is 222 g/mol. The van der Waals surface area contributed by atoms with Crippen molar-refractivity contribution in [3.05, 3.63) is 0 Å². The molecule has 3 nitrogen and oxygen atoms in total. The van der Waals surface area contributed by atoms with Crippen LogP contribution in [0.3, 0.4) is 0 Å². The van der Waals surface area contributed by atoms with Crippen LogP contribution in [0.2, 0.25) is 0 Å². The van der Waals surface area contributed by atoms with E-state index < -0.39 is 10.1 Å². The molecule has 0 aromatic carbocycles. The molecule has 82 valence electrons. The number of nitrogens with zero attached hydrogens (tertiary/aromatic N) is 1. The lowest BCUT2D eigenvalue weighted by molar-refractivity contribution is -0.123. The van der Waals surface area contributed by atoms with E-state index >= 15 is 0 Å². The van der Waals surface area contributed by atoms with Crippen molar-refractivity contribution in [3.8, 4) is 0 Å². The molecule has 0 aliphatic carbocycles. The maximum Gasteiger partial charge on any atom is 0.326 e. The molecule has 0 heterocycles. The highest BCUT2D eigenvalue weighted by Crippen LogP contribution is 2.31. The predicted octanol–water partition coefficient (Wildman–Crippen LogP) is 2.93. The lowest BCUT2D eigenvalue weighted by Gasteiger charge is -2.27. The van der Waals surface area contributed by atoms with E-state index in [-0.39, 0.29) is 11.7 Å². The molecule has 0 aromatic heterocycles. The van der Waals surface area contributed by atoms with Crippen molar-refractivity contribution in [3.63, 3.8) is 0 Å². The van der Waals surface area contributed by atoms with Gasteiger partial charge in [-0.1, -0.05) is 13.8 Å². The van der Waals surface area contributed by atoms with E-state index in [1.807, 2.05) is 13.8 Å². The van der Waals surface area contributed by atoms with Crippen molar-refractivity contribution >= 4 is 34.7 Å². The Morgan fingerprint density at radius 2 is 1.79 bits per heavy atom. The molecule has 0 fully saturated rings. The zero-order valence-corrected chi connectivity index (χ0v) is 10.7. The molecule has 1 amide bonds. The Morgan fingerprint density at radius 3 is 2.07 bits per heavy atom. The molecule has 0 aromatic rings. The second kappa shape index (κ2) is 5.03. The van der Waals surface area contributed by atoms with Gasteiger partial charge >= 0.3 is 5.37 Å². The summed E-state index contributed by atoms with van der Waals surface area (Å²) in [6.07, 6.45) is 0. The molecule has 0 spiro atoms. The van der Waals surface area contributed by atoms with E-state index in [0.717, 1.165) is 11.9 Å². The first kappa shape index (κ1) is 13.8. The smallest absolute Gasteiger partial charge is 0.298 e. The molecular formula is C9H16ClNO2S. The number of Topliss-reactive ketones (excluding diaryl/α,β-unsaturated/α-hetero) is 1. The van der Waals surface area contributed by atoms with Crippen LogP contribution in [0, 0.1) is 5.92 Å². The van der Waals surface area contributed by atoms with Crippen LogP contribution in [0.15, 0.2) is 0 Å². The third-order valence-electron chi connectivity index (χ3n) is 1.73. The number of hydrogen-bond acceptors (Lipinski definition) is 3. The summed E-state index contributed by atoms with van der Waals surface area (Å²) in [4.78, 5) is 22.5. The van der Waals surface area contributed by atoms with Crippen LogP contribution in [0.5, 0.6) is 0 Å². The molecule has 5 heteroatoms. The first-order chi connectivity index (χ1) is 6.18. The minimum absolute atomic E-state index is 0.0451. The normalized spacial score (nSPS) is 11.6. The van der Waals surface area contributed by atoms with Gasteiger partial charge in [0.15, 0.2) is 5.78 Å². The summed E-state index contributed by atoms with van der Waals surface area (Å²) in [5, 5.41) is -0.570. The molecule has 0 saturated carbocycles. The van der Waals surface area contributed by atoms with E-state index in [1.165, 1.54) is 4.31 Å². The number of amides is 1. The van der Waals surface area contributed by atoms with Crippen molar-refractivity contribution in [2.45, 2.75) is 32.4 Å². The monoisotopic (exact) mass is 237 g/mol. The van der Waals surface area contributed by atoms with Gasteiger partial charge in [-0.25, -0.2) is 0 Å². The van der Waals surface area contributed by atoms with Gasteiger partial charge in [0, 0.05) is 13.0 Å². The molecule has 0 saturated heterocycles. The number of hydrogen-bond donors (Lipinski definition) is 0. The average Bonchev–Trinajstić information content (AvgIpc) is 2.01. The minimum Gasteiger partial charge on any atom is -0.298 e. The van der Waals surface area contributed by atoms with E-state index in [9.17, 15) is 9.59 Å². The van der Waals surface area contributed by atoms with Gasteiger partial charge in [0.05, 0.1) is 4.75 Å². The number of carbonyl (C=O) groups is 2. The van der Waals surface area contributed by atoms with Crippen molar-refractivity contribution in [2.24, 2.45) is 5.92 Å². The second-order valence-corrected chi connectivity index (χ2v) is 5.95. The number of ketones is 1. The van der Waals surface area contributed by atoms with Crippen LogP contribution in [0.1, 0.15) is 27.7 Å².